The highest BCUT2D eigenvalue weighted by Gasteiger charge is 2.30. The highest BCUT2D eigenvalue weighted by Crippen LogP contribution is 2.16. The average Bonchev–Trinajstić information content (AvgIpc) is 2.98. The van der Waals surface area contributed by atoms with Gasteiger partial charge in [0.15, 0.2) is 0 Å². The summed E-state index contributed by atoms with van der Waals surface area (Å²) in [5.74, 6) is 0.262. The first-order valence-corrected chi connectivity index (χ1v) is 9.63. The number of hydrogen-bond donors (Lipinski definition) is 2. The molecule has 0 radical (unpaired) electrons. The molecule has 1 aliphatic heterocycles. The number of aryl methyl sites for hydroxylation is 1. The minimum absolute atomic E-state index is 0.0947. The summed E-state index contributed by atoms with van der Waals surface area (Å²) in [7, 11) is 0. The third-order valence-corrected chi connectivity index (χ3v) is 4.97. The maximum Gasteiger partial charge on any atom is 0.293 e. The van der Waals surface area contributed by atoms with Crippen LogP contribution in [0.5, 0.6) is 0 Å². The maximum atomic E-state index is 12.9. The zero-order valence-corrected chi connectivity index (χ0v) is 16.5. The smallest absolute Gasteiger partial charge is 0.293 e. The number of nitrogens with one attached hydrogen (secondary N) is 1. The van der Waals surface area contributed by atoms with Gasteiger partial charge in [-0.25, -0.2) is 9.67 Å². The van der Waals surface area contributed by atoms with Gasteiger partial charge >= 0.3 is 0 Å². The number of nitrogens with zero attached hydrogens (tertiary/aromatic N) is 4. The average molecular weight is 385 g/mol. The Bertz CT molecular complexity index is 834. The number of para-hydroxylation sites is 1. The first-order valence-electron chi connectivity index (χ1n) is 9.63. The van der Waals surface area contributed by atoms with Crippen LogP contribution in [0.2, 0.25) is 0 Å². The monoisotopic (exact) mass is 385 g/mol. The number of aromatic nitrogens is 3. The number of aliphatic hydroxyl groups is 1. The molecule has 3 rings (SSSR count). The van der Waals surface area contributed by atoms with Gasteiger partial charge in [0.2, 0.25) is 11.7 Å². The van der Waals surface area contributed by atoms with E-state index in [9.17, 15) is 14.7 Å². The van der Waals surface area contributed by atoms with Gasteiger partial charge in [-0.3, -0.25) is 9.59 Å². The van der Waals surface area contributed by atoms with Gasteiger partial charge in [0.05, 0.1) is 17.8 Å². The molecule has 2 heterocycles. The quantitative estimate of drug-likeness (QED) is 0.827. The van der Waals surface area contributed by atoms with Crippen LogP contribution >= 0.6 is 0 Å². The molecule has 0 unspecified atom stereocenters. The Morgan fingerprint density at radius 1 is 1.18 bits per heavy atom. The lowest BCUT2D eigenvalue weighted by Gasteiger charge is -2.22. The van der Waals surface area contributed by atoms with Gasteiger partial charge in [-0.1, -0.05) is 32.0 Å². The minimum Gasteiger partial charge on any atom is -0.391 e. The van der Waals surface area contributed by atoms with Crippen molar-refractivity contribution < 1.29 is 14.7 Å². The van der Waals surface area contributed by atoms with Crippen molar-refractivity contribution >= 4 is 11.8 Å². The van der Waals surface area contributed by atoms with Crippen molar-refractivity contribution in [2.45, 2.75) is 45.8 Å². The molecule has 1 aliphatic rings. The fourth-order valence-electron chi connectivity index (χ4n) is 3.25. The normalized spacial score (nSPS) is 20.1. The molecule has 8 nitrogen and oxygen atoms in total. The maximum absolute atomic E-state index is 12.9. The number of amides is 2. The number of rotatable bonds is 4. The topological polar surface area (TPSA) is 100 Å². The molecular formula is C20H27N5O3. The van der Waals surface area contributed by atoms with E-state index in [-0.39, 0.29) is 29.6 Å². The highest BCUT2D eigenvalue weighted by atomic mass is 16.3. The molecule has 0 bridgehead atoms. The molecular weight excluding hydrogens is 358 g/mol. The van der Waals surface area contributed by atoms with E-state index in [1.807, 2.05) is 44.2 Å². The van der Waals surface area contributed by atoms with Gasteiger partial charge in [-0.15, -0.1) is 5.10 Å². The van der Waals surface area contributed by atoms with Crippen LogP contribution in [0.3, 0.4) is 0 Å². The van der Waals surface area contributed by atoms with Crippen molar-refractivity contribution in [1.29, 1.82) is 0 Å². The highest BCUT2D eigenvalue weighted by molar-refractivity contribution is 5.90. The summed E-state index contributed by atoms with van der Waals surface area (Å²) in [6, 6.07) is 9.17. The van der Waals surface area contributed by atoms with Gasteiger partial charge < -0.3 is 15.3 Å². The summed E-state index contributed by atoms with van der Waals surface area (Å²) in [6.45, 7) is 6.25. The third-order valence-electron chi connectivity index (χ3n) is 4.97. The summed E-state index contributed by atoms with van der Waals surface area (Å²) in [4.78, 5) is 30.8. The van der Waals surface area contributed by atoms with E-state index in [2.05, 4.69) is 15.4 Å². The summed E-state index contributed by atoms with van der Waals surface area (Å²) >= 11 is 0. The zero-order chi connectivity index (χ0) is 20.3. The molecule has 2 atom stereocenters. The first-order chi connectivity index (χ1) is 13.4. The van der Waals surface area contributed by atoms with Gasteiger partial charge in [-0.05, 0) is 31.9 Å². The standard InChI is InChI=1S/C20H27N5O3/c1-13(2)19(27)22-16-9-11-24(12-10-17(16)26)20(28)18-21-14(3)25(23-18)15-7-5-4-6-8-15/h4-8,13,16-17,26H,9-12H2,1-3H3,(H,22,27)/t16-,17-/m0/s1. The SMILES string of the molecule is Cc1nc(C(=O)N2CC[C@H](NC(=O)C(C)C)[C@@H](O)CC2)nn1-c1ccccc1. The summed E-state index contributed by atoms with van der Waals surface area (Å²) < 4.78 is 1.64. The number of likely N-dealkylation sites (tertiary alicyclic amines) is 1. The van der Waals surface area contributed by atoms with E-state index in [0.29, 0.717) is 31.8 Å². The minimum atomic E-state index is -0.683. The summed E-state index contributed by atoms with van der Waals surface area (Å²) in [6.07, 6.45) is 0.203. The molecule has 1 aromatic heterocycles. The molecule has 28 heavy (non-hydrogen) atoms. The molecule has 0 aliphatic carbocycles. The van der Waals surface area contributed by atoms with Crippen LogP contribution < -0.4 is 5.32 Å². The van der Waals surface area contributed by atoms with Crippen LogP contribution in [0.1, 0.15) is 43.1 Å². The van der Waals surface area contributed by atoms with Crippen LogP contribution in [-0.2, 0) is 4.79 Å². The Morgan fingerprint density at radius 2 is 1.86 bits per heavy atom. The Hall–Kier alpha value is -2.74. The van der Waals surface area contributed by atoms with Gasteiger partial charge in [0.1, 0.15) is 5.82 Å². The van der Waals surface area contributed by atoms with E-state index in [4.69, 9.17) is 0 Å². The van der Waals surface area contributed by atoms with Gasteiger partial charge in [-0.2, -0.15) is 0 Å². The van der Waals surface area contributed by atoms with E-state index in [0.717, 1.165) is 5.69 Å². The number of benzene rings is 1. The van der Waals surface area contributed by atoms with Crippen molar-refractivity contribution in [1.82, 2.24) is 25.0 Å². The number of aliphatic hydroxyl groups excluding tert-OH is 1. The molecule has 2 N–H and O–H groups in total. The van der Waals surface area contributed by atoms with Gasteiger partial charge in [0, 0.05) is 19.0 Å². The molecule has 0 saturated carbocycles. The lowest BCUT2D eigenvalue weighted by Crippen LogP contribution is -2.44. The predicted molar refractivity (Wildman–Crippen MR) is 104 cm³/mol. The Labute approximate surface area is 164 Å². The van der Waals surface area contributed by atoms with E-state index < -0.39 is 6.10 Å². The third kappa shape index (κ3) is 4.39. The van der Waals surface area contributed by atoms with E-state index in [1.54, 1.807) is 16.5 Å². The molecule has 1 saturated heterocycles. The lowest BCUT2D eigenvalue weighted by molar-refractivity contribution is -0.125. The fraction of sp³-hybridized carbons (Fsp3) is 0.500. The first kappa shape index (κ1) is 20.0. The molecule has 1 aromatic carbocycles. The summed E-state index contributed by atoms with van der Waals surface area (Å²) in [5, 5.41) is 17.6. The lowest BCUT2D eigenvalue weighted by atomic mass is 10.1. The van der Waals surface area contributed by atoms with Crippen LogP contribution in [0.4, 0.5) is 0 Å². The molecule has 2 amide bonds. The summed E-state index contributed by atoms with van der Waals surface area (Å²) in [5.41, 5.74) is 0.842. The molecule has 8 heteroatoms. The number of carbonyl (C=O) groups excluding carboxylic acids is 2. The Kier molecular flexibility index (Phi) is 6.08. The number of hydrogen-bond acceptors (Lipinski definition) is 5. The predicted octanol–water partition coefficient (Wildman–Crippen LogP) is 1.31. The van der Waals surface area contributed by atoms with Crippen LogP contribution in [-0.4, -0.2) is 61.8 Å². The second-order valence-corrected chi connectivity index (χ2v) is 7.44. The van der Waals surface area contributed by atoms with Crippen molar-refractivity contribution in [2.24, 2.45) is 5.92 Å². The molecule has 150 valence electrons. The Morgan fingerprint density at radius 3 is 2.54 bits per heavy atom. The largest absolute Gasteiger partial charge is 0.391 e. The van der Waals surface area contributed by atoms with E-state index in [1.165, 1.54) is 0 Å². The molecule has 1 fully saturated rings. The fourth-order valence-corrected chi connectivity index (χ4v) is 3.25. The van der Waals surface area contributed by atoms with Crippen LogP contribution in [0, 0.1) is 12.8 Å². The molecule has 0 spiro atoms. The van der Waals surface area contributed by atoms with Crippen molar-refractivity contribution in [3.63, 3.8) is 0 Å². The second-order valence-electron chi connectivity index (χ2n) is 7.44. The zero-order valence-electron chi connectivity index (χ0n) is 16.5. The van der Waals surface area contributed by atoms with Crippen LogP contribution in [0.25, 0.3) is 5.69 Å². The second kappa shape index (κ2) is 8.52. The van der Waals surface area contributed by atoms with Crippen LogP contribution in [0.15, 0.2) is 30.3 Å². The number of carbonyl (C=O) groups is 2. The Balaban J connectivity index is 1.71. The van der Waals surface area contributed by atoms with Crippen molar-refractivity contribution in [3.05, 3.63) is 42.0 Å². The van der Waals surface area contributed by atoms with Crippen molar-refractivity contribution in [2.75, 3.05) is 13.1 Å². The van der Waals surface area contributed by atoms with E-state index >= 15 is 0 Å². The van der Waals surface area contributed by atoms with Crippen molar-refractivity contribution in [3.8, 4) is 5.69 Å². The molecule has 2 aromatic rings. The van der Waals surface area contributed by atoms with Gasteiger partial charge in [0.25, 0.3) is 5.91 Å².